The second kappa shape index (κ2) is 7.45. The number of benzene rings is 2. The number of methoxy groups -OCH3 is 1. The predicted octanol–water partition coefficient (Wildman–Crippen LogP) is 3.33. The van der Waals surface area contributed by atoms with Gasteiger partial charge < -0.3 is 18.9 Å². The van der Waals surface area contributed by atoms with E-state index in [0.717, 1.165) is 5.56 Å². The fourth-order valence-corrected chi connectivity index (χ4v) is 2.34. The van der Waals surface area contributed by atoms with Crippen LogP contribution in [0.1, 0.15) is 15.9 Å². The average Bonchev–Trinajstić information content (AvgIpc) is 3.12. The number of terminal acetylenes is 1. The Hall–Kier alpha value is -3.39. The molecule has 5 heteroatoms. The Morgan fingerprint density at radius 1 is 1.20 bits per heavy atom. The molecule has 3 rings (SSSR count). The highest BCUT2D eigenvalue weighted by atomic mass is 16.7. The third-order valence-corrected chi connectivity index (χ3v) is 3.58. The molecule has 0 saturated carbocycles. The zero-order valence-corrected chi connectivity index (χ0v) is 13.7. The van der Waals surface area contributed by atoms with Crippen LogP contribution in [0.4, 0.5) is 0 Å². The number of fused-ring (bicyclic) bond motifs is 1. The molecule has 0 unspecified atom stereocenters. The maximum Gasteiger partial charge on any atom is 0.231 e. The van der Waals surface area contributed by atoms with E-state index >= 15 is 0 Å². The normalized spacial score (nSPS) is 12.0. The molecule has 2 aromatic carbocycles. The third-order valence-electron chi connectivity index (χ3n) is 3.58. The van der Waals surface area contributed by atoms with Crippen LogP contribution in [0.2, 0.25) is 0 Å². The summed E-state index contributed by atoms with van der Waals surface area (Å²) in [4.78, 5) is 12.3. The van der Waals surface area contributed by atoms with Crippen molar-refractivity contribution in [3.05, 3.63) is 53.6 Å². The van der Waals surface area contributed by atoms with E-state index in [1.807, 2.05) is 6.07 Å². The molecule has 0 spiro atoms. The summed E-state index contributed by atoms with van der Waals surface area (Å²) in [6.07, 6.45) is 8.39. The molecule has 1 aliphatic rings. The van der Waals surface area contributed by atoms with E-state index in [1.54, 1.807) is 43.5 Å². The molecule has 0 radical (unpaired) electrons. The SMILES string of the molecule is C#CCOc1ccc(/C=C/C(=O)c2ccc3c(c2)OCO3)cc1OC. The van der Waals surface area contributed by atoms with Gasteiger partial charge in [-0.3, -0.25) is 4.79 Å². The van der Waals surface area contributed by atoms with Crippen molar-refractivity contribution in [2.75, 3.05) is 20.5 Å². The Morgan fingerprint density at radius 2 is 2.04 bits per heavy atom. The first kappa shape index (κ1) is 16.5. The van der Waals surface area contributed by atoms with E-state index in [0.29, 0.717) is 28.6 Å². The quantitative estimate of drug-likeness (QED) is 0.460. The molecule has 1 heterocycles. The number of hydrogen-bond acceptors (Lipinski definition) is 5. The molecule has 0 amide bonds. The van der Waals surface area contributed by atoms with Gasteiger partial charge in [0.25, 0.3) is 0 Å². The average molecular weight is 336 g/mol. The summed E-state index contributed by atoms with van der Waals surface area (Å²) in [6.45, 7) is 0.338. The highest BCUT2D eigenvalue weighted by Crippen LogP contribution is 2.33. The van der Waals surface area contributed by atoms with Gasteiger partial charge in [0.1, 0.15) is 6.61 Å². The van der Waals surface area contributed by atoms with Crippen molar-refractivity contribution >= 4 is 11.9 Å². The molecule has 0 N–H and O–H groups in total. The van der Waals surface area contributed by atoms with Gasteiger partial charge in [-0.25, -0.2) is 0 Å². The molecule has 0 atom stereocenters. The van der Waals surface area contributed by atoms with E-state index in [9.17, 15) is 4.79 Å². The monoisotopic (exact) mass is 336 g/mol. The second-order valence-corrected chi connectivity index (χ2v) is 5.17. The highest BCUT2D eigenvalue weighted by Gasteiger charge is 2.15. The van der Waals surface area contributed by atoms with Crippen molar-refractivity contribution < 1.29 is 23.7 Å². The zero-order valence-electron chi connectivity index (χ0n) is 13.7. The molecule has 2 aromatic rings. The molecule has 0 aromatic heterocycles. The first-order valence-corrected chi connectivity index (χ1v) is 7.57. The maximum absolute atomic E-state index is 12.3. The van der Waals surface area contributed by atoms with Gasteiger partial charge in [0, 0.05) is 5.56 Å². The fraction of sp³-hybridized carbons (Fsp3) is 0.150. The minimum absolute atomic E-state index is 0.134. The van der Waals surface area contributed by atoms with Crippen LogP contribution in [0.3, 0.4) is 0 Å². The third kappa shape index (κ3) is 3.75. The standard InChI is InChI=1S/C20H16O5/c1-3-10-23-17-8-5-14(11-19(17)22-2)4-7-16(21)15-6-9-18-20(12-15)25-13-24-18/h1,4-9,11-12H,10,13H2,2H3/b7-4+. The van der Waals surface area contributed by atoms with Crippen LogP contribution < -0.4 is 18.9 Å². The summed E-state index contributed by atoms with van der Waals surface area (Å²) in [5, 5.41) is 0. The molecule has 0 saturated heterocycles. The van der Waals surface area contributed by atoms with Crippen molar-refractivity contribution in [1.29, 1.82) is 0 Å². The van der Waals surface area contributed by atoms with Gasteiger partial charge in [0.05, 0.1) is 7.11 Å². The number of rotatable bonds is 6. The highest BCUT2D eigenvalue weighted by molar-refractivity contribution is 6.07. The lowest BCUT2D eigenvalue weighted by atomic mass is 10.1. The van der Waals surface area contributed by atoms with Crippen LogP contribution in [0.15, 0.2) is 42.5 Å². The van der Waals surface area contributed by atoms with Gasteiger partial charge in [-0.2, -0.15) is 0 Å². The van der Waals surface area contributed by atoms with Gasteiger partial charge >= 0.3 is 0 Å². The van der Waals surface area contributed by atoms with Crippen molar-refractivity contribution in [3.63, 3.8) is 0 Å². The molecule has 0 fully saturated rings. The summed E-state index contributed by atoms with van der Waals surface area (Å²) in [6, 6.07) is 10.4. The molecule has 126 valence electrons. The Kier molecular flexibility index (Phi) is 4.91. The summed E-state index contributed by atoms with van der Waals surface area (Å²) < 4.78 is 21.2. The van der Waals surface area contributed by atoms with Crippen LogP contribution in [0, 0.1) is 12.3 Å². The van der Waals surface area contributed by atoms with E-state index in [4.69, 9.17) is 25.4 Å². The number of carbonyl (C=O) groups is 1. The molecule has 5 nitrogen and oxygen atoms in total. The Balaban J connectivity index is 1.75. The van der Waals surface area contributed by atoms with E-state index in [-0.39, 0.29) is 19.2 Å². The molecular formula is C20H16O5. The number of ketones is 1. The lowest BCUT2D eigenvalue weighted by molar-refractivity contribution is 0.104. The van der Waals surface area contributed by atoms with Crippen molar-refractivity contribution in [2.24, 2.45) is 0 Å². The Labute approximate surface area is 145 Å². The Bertz CT molecular complexity index is 861. The van der Waals surface area contributed by atoms with Crippen LogP contribution in [-0.4, -0.2) is 26.3 Å². The second-order valence-electron chi connectivity index (χ2n) is 5.17. The molecule has 0 bridgehead atoms. The van der Waals surface area contributed by atoms with Gasteiger partial charge in [-0.15, -0.1) is 6.42 Å². The number of ether oxygens (including phenoxy) is 4. The van der Waals surface area contributed by atoms with Gasteiger partial charge in [-0.05, 0) is 42.0 Å². The number of hydrogen-bond donors (Lipinski definition) is 0. The van der Waals surface area contributed by atoms with Crippen molar-refractivity contribution in [1.82, 2.24) is 0 Å². The van der Waals surface area contributed by atoms with E-state index in [1.165, 1.54) is 6.08 Å². The molecular weight excluding hydrogens is 320 g/mol. The van der Waals surface area contributed by atoms with E-state index in [2.05, 4.69) is 5.92 Å². The zero-order chi connectivity index (χ0) is 17.6. The lowest BCUT2D eigenvalue weighted by Crippen LogP contribution is -1.97. The lowest BCUT2D eigenvalue weighted by Gasteiger charge is -2.09. The summed E-state index contributed by atoms with van der Waals surface area (Å²) in [5.41, 5.74) is 1.33. The molecule has 1 aliphatic heterocycles. The van der Waals surface area contributed by atoms with Crippen LogP contribution >= 0.6 is 0 Å². The Morgan fingerprint density at radius 3 is 2.84 bits per heavy atom. The molecule has 0 aliphatic carbocycles. The number of allylic oxidation sites excluding steroid dienone is 1. The van der Waals surface area contributed by atoms with Crippen LogP contribution in [0.25, 0.3) is 6.08 Å². The topological polar surface area (TPSA) is 54.0 Å². The summed E-state index contributed by atoms with van der Waals surface area (Å²) in [7, 11) is 1.54. The largest absolute Gasteiger partial charge is 0.493 e. The first-order valence-electron chi connectivity index (χ1n) is 7.57. The van der Waals surface area contributed by atoms with Crippen LogP contribution in [0.5, 0.6) is 23.0 Å². The van der Waals surface area contributed by atoms with Gasteiger partial charge in [-0.1, -0.05) is 18.1 Å². The smallest absolute Gasteiger partial charge is 0.231 e. The molecule has 25 heavy (non-hydrogen) atoms. The van der Waals surface area contributed by atoms with Crippen LogP contribution in [-0.2, 0) is 0 Å². The van der Waals surface area contributed by atoms with Gasteiger partial charge in [0.15, 0.2) is 28.8 Å². The number of carbonyl (C=O) groups excluding carboxylic acids is 1. The maximum atomic E-state index is 12.3. The fourth-order valence-electron chi connectivity index (χ4n) is 2.34. The van der Waals surface area contributed by atoms with E-state index < -0.39 is 0 Å². The summed E-state index contributed by atoms with van der Waals surface area (Å²) >= 11 is 0. The van der Waals surface area contributed by atoms with Crippen molar-refractivity contribution in [3.8, 4) is 35.3 Å². The van der Waals surface area contributed by atoms with Crippen molar-refractivity contribution in [2.45, 2.75) is 0 Å². The first-order chi connectivity index (χ1) is 12.2. The summed E-state index contributed by atoms with van der Waals surface area (Å²) in [5.74, 6) is 4.60. The minimum Gasteiger partial charge on any atom is -0.493 e. The minimum atomic E-state index is -0.134. The predicted molar refractivity (Wildman–Crippen MR) is 93.3 cm³/mol. The van der Waals surface area contributed by atoms with Gasteiger partial charge in [0.2, 0.25) is 6.79 Å².